The summed E-state index contributed by atoms with van der Waals surface area (Å²) in [5, 5.41) is 11.2. The molecule has 2 atom stereocenters. The molecule has 0 aliphatic carbocycles. The molecule has 0 unspecified atom stereocenters. The Kier molecular flexibility index (Phi) is 9.21. The number of carbonyl (C=O) groups excluding carboxylic acids is 1. The van der Waals surface area contributed by atoms with E-state index in [2.05, 4.69) is 67.0 Å². The number of likely N-dealkylation sites (tertiary alicyclic amines) is 1. The zero-order valence-electron chi connectivity index (χ0n) is 23.9. The number of hydrogen-bond donors (Lipinski definition) is 0. The fourth-order valence-electron chi connectivity index (χ4n) is 6.18. The Morgan fingerprint density at radius 2 is 1.85 bits per heavy atom. The van der Waals surface area contributed by atoms with E-state index in [1.165, 1.54) is 16.9 Å². The van der Waals surface area contributed by atoms with Gasteiger partial charge in [-0.3, -0.25) is 14.6 Å². The maximum atomic E-state index is 13.2. The molecule has 1 aromatic heterocycles. The third-order valence-electron chi connectivity index (χ3n) is 8.48. The number of nitriles is 1. The van der Waals surface area contributed by atoms with Gasteiger partial charge in [-0.25, -0.2) is 0 Å². The smallest absolute Gasteiger partial charge is 0.267 e. The van der Waals surface area contributed by atoms with Gasteiger partial charge in [0.15, 0.2) is 0 Å². The van der Waals surface area contributed by atoms with Crippen LogP contribution < -0.4 is 4.74 Å². The van der Waals surface area contributed by atoms with Gasteiger partial charge in [0.05, 0.1) is 18.2 Å². The summed E-state index contributed by atoms with van der Waals surface area (Å²) in [6.45, 7) is 12.2. The lowest BCUT2D eigenvalue weighted by atomic mass is 9.97. The zero-order chi connectivity index (χ0) is 28.1. The molecular weight excluding hydrogens is 516 g/mol. The number of amides is 1. The molecule has 2 aromatic carbocycles. The molecular formula is C33H40N4O2S. The predicted octanol–water partition coefficient (Wildman–Crippen LogP) is 6.45. The van der Waals surface area contributed by atoms with Crippen molar-refractivity contribution in [2.75, 3.05) is 39.3 Å². The minimum absolute atomic E-state index is 0.121. The van der Waals surface area contributed by atoms with E-state index in [4.69, 9.17) is 4.74 Å². The molecule has 5 rings (SSSR count). The number of carbonyl (C=O) groups is 1. The van der Waals surface area contributed by atoms with Crippen molar-refractivity contribution in [3.8, 4) is 22.9 Å². The molecule has 2 aliphatic heterocycles. The summed E-state index contributed by atoms with van der Waals surface area (Å²) in [5.74, 6) is 0.858. The first-order valence-corrected chi connectivity index (χ1v) is 15.5. The third-order valence-corrected chi connectivity index (χ3v) is 9.36. The van der Waals surface area contributed by atoms with E-state index in [0.29, 0.717) is 30.3 Å². The highest BCUT2D eigenvalue weighted by molar-refractivity contribution is 7.12. The molecule has 1 amide bonds. The van der Waals surface area contributed by atoms with Crippen LogP contribution in [-0.2, 0) is 0 Å². The Labute approximate surface area is 242 Å². The standard InChI is InChI=1S/C33H40N4O2S/c1-4-19-39-31-14-20-40-32(31)33(38)35-15-12-30(13-16-35)36-17-18-37(24(2)23-36)25(3)27-8-10-28(11-9-27)29-7-5-6-26(21-29)22-34/h5-11,14,20-21,24-25,30H,4,12-13,15-19,23H2,1-3H3/t24-,25+/m1/s1. The highest BCUT2D eigenvalue weighted by Gasteiger charge is 2.34. The Morgan fingerprint density at radius 3 is 2.55 bits per heavy atom. The average Bonchev–Trinajstić information content (AvgIpc) is 3.48. The number of thiophene rings is 1. The van der Waals surface area contributed by atoms with E-state index in [1.54, 1.807) is 0 Å². The van der Waals surface area contributed by atoms with Gasteiger partial charge in [-0.05, 0) is 73.4 Å². The SMILES string of the molecule is CCCOc1ccsc1C(=O)N1CCC(N2CCN([C@@H](C)c3ccc(-c4cccc(C#N)c4)cc3)[C@H](C)C2)CC1. The second kappa shape index (κ2) is 13.0. The second-order valence-corrected chi connectivity index (χ2v) is 12.0. The quantitative estimate of drug-likeness (QED) is 0.319. The Bertz CT molecular complexity index is 1320. The van der Waals surface area contributed by atoms with Crippen LogP contribution in [-0.4, -0.2) is 72.0 Å². The average molecular weight is 557 g/mol. The van der Waals surface area contributed by atoms with Crippen molar-refractivity contribution in [2.24, 2.45) is 0 Å². The highest BCUT2D eigenvalue weighted by Crippen LogP contribution is 2.31. The zero-order valence-corrected chi connectivity index (χ0v) is 24.7. The van der Waals surface area contributed by atoms with Crippen LogP contribution in [0.3, 0.4) is 0 Å². The van der Waals surface area contributed by atoms with Gasteiger partial charge in [-0.2, -0.15) is 5.26 Å². The highest BCUT2D eigenvalue weighted by atomic mass is 32.1. The minimum atomic E-state index is 0.121. The molecule has 3 aromatic rings. The van der Waals surface area contributed by atoms with Gasteiger partial charge in [0.25, 0.3) is 5.91 Å². The van der Waals surface area contributed by atoms with E-state index in [0.717, 1.165) is 73.7 Å². The molecule has 210 valence electrons. The number of ether oxygens (including phenoxy) is 1. The molecule has 0 radical (unpaired) electrons. The Hall–Kier alpha value is -3.18. The second-order valence-electron chi connectivity index (χ2n) is 11.1. The van der Waals surface area contributed by atoms with Crippen LogP contribution in [0.15, 0.2) is 60.0 Å². The van der Waals surface area contributed by atoms with Crippen molar-refractivity contribution in [3.63, 3.8) is 0 Å². The van der Waals surface area contributed by atoms with Crippen molar-refractivity contribution in [1.29, 1.82) is 5.26 Å². The maximum absolute atomic E-state index is 13.2. The van der Waals surface area contributed by atoms with Gasteiger partial charge in [-0.1, -0.05) is 43.3 Å². The maximum Gasteiger partial charge on any atom is 0.267 e. The van der Waals surface area contributed by atoms with Crippen molar-refractivity contribution in [2.45, 2.75) is 58.2 Å². The first-order chi connectivity index (χ1) is 19.5. The minimum Gasteiger partial charge on any atom is -0.492 e. The lowest BCUT2D eigenvalue weighted by molar-refractivity contribution is 0.0135. The van der Waals surface area contributed by atoms with E-state index < -0.39 is 0 Å². The summed E-state index contributed by atoms with van der Waals surface area (Å²) < 4.78 is 5.80. The summed E-state index contributed by atoms with van der Waals surface area (Å²) in [5.41, 5.74) is 4.23. The van der Waals surface area contributed by atoms with Crippen molar-refractivity contribution >= 4 is 17.2 Å². The van der Waals surface area contributed by atoms with Crippen LogP contribution in [0.5, 0.6) is 5.75 Å². The summed E-state index contributed by atoms with van der Waals surface area (Å²) >= 11 is 1.49. The Balaban J connectivity index is 1.13. The number of nitrogens with zero attached hydrogens (tertiary/aromatic N) is 4. The molecule has 6 nitrogen and oxygen atoms in total. The summed E-state index contributed by atoms with van der Waals surface area (Å²) in [7, 11) is 0. The third kappa shape index (κ3) is 6.25. The van der Waals surface area contributed by atoms with Crippen LogP contribution in [0.25, 0.3) is 11.1 Å². The number of benzene rings is 2. The molecule has 40 heavy (non-hydrogen) atoms. The molecule has 3 heterocycles. The first-order valence-electron chi connectivity index (χ1n) is 14.6. The molecule has 2 saturated heterocycles. The fourth-order valence-corrected chi connectivity index (χ4v) is 6.98. The monoisotopic (exact) mass is 556 g/mol. The van der Waals surface area contributed by atoms with Gasteiger partial charge < -0.3 is 9.64 Å². The molecule has 2 fully saturated rings. The number of rotatable bonds is 8. The lowest BCUT2D eigenvalue weighted by Gasteiger charge is -2.47. The van der Waals surface area contributed by atoms with Gasteiger partial charge in [0, 0.05) is 50.8 Å². The van der Waals surface area contributed by atoms with Crippen LogP contribution in [0.2, 0.25) is 0 Å². The number of piperidine rings is 1. The first kappa shape index (κ1) is 28.4. The fraction of sp³-hybridized carbons (Fsp3) is 0.455. The van der Waals surface area contributed by atoms with Crippen LogP contribution in [0.4, 0.5) is 0 Å². The van der Waals surface area contributed by atoms with Gasteiger partial charge >= 0.3 is 0 Å². The van der Waals surface area contributed by atoms with E-state index in [1.807, 2.05) is 34.5 Å². The van der Waals surface area contributed by atoms with Gasteiger partial charge in [0.2, 0.25) is 0 Å². The van der Waals surface area contributed by atoms with Crippen molar-refractivity contribution in [3.05, 3.63) is 76.0 Å². The predicted molar refractivity (Wildman–Crippen MR) is 162 cm³/mol. The molecule has 0 spiro atoms. The molecule has 0 saturated carbocycles. The largest absolute Gasteiger partial charge is 0.492 e. The van der Waals surface area contributed by atoms with Crippen molar-refractivity contribution in [1.82, 2.24) is 14.7 Å². The molecule has 7 heteroatoms. The topological polar surface area (TPSA) is 59.8 Å². The lowest BCUT2D eigenvalue weighted by Crippen LogP contribution is -2.57. The van der Waals surface area contributed by atoms with Crippen LogP contribution in [0.1, 0.15) is 66.9 Å². The Morgan fingerprint density at radius 1 is 1.07 bits per heavy atom. The number of piperazine rings is 1. The van der Waals surface area contributed by atoms with Crippen LogP contribution >= 0.6 is 11.3 Å². The van der Waals surface area contributed by atoms with E-state index >= 15 is 0 Å². The summed E-state index contributed by atoms with van der Waals surface area (Å²) in [6.07, 6.45) is 2.99. The van der Waals surface area contributed by atoms with Crippen molar-refractivity contribution < 1.29 is 9.53 Å². The van der Waals surface area contributed by atoms with Crippen LogP contribution in [0, 0.1) is 11.3 Å². The number of hydrogen-bond acceptors (Lipinski definition) is 6. The normalized spacial score (nSPS) is 19.8. The van der Waals surface area contributed by atoms with Gasteiger partial charge in [0.1, 0.15) is 10.6 Å². The molecule has 0 N–H and O–H groups in total. The van der Waals surface area contributed by atoms with E-state index in [9.17, 15) is 10.1 Å². The molecule has 2 aliphatic rings. The summed E-state index contributed by atoms with van der Waals surface area (Å²) in [6, 6.07) is 22.1. The van der Waals surface area contributed by atoms with Gasteiger partial charge in [-0.15, -0.1) is 11.3 Å². The molecule has 0 bridgehead atoms. The van der Waals surface area contributed by atoms with E-state index in [-0.39, 0.29) is 5.91 Å². The summed E-state index contributed by atoms with van der Waals surface area (Å²) in [4.78, 5) is 21.2.